The molecular weight excluding hydrogens is 382 g/mol. The molecule has 0 unspecified atom stereocenters. The summed E-state index contributed by atoms with van der Waals surface area (Å²) in [6.45, 7) is 4.49. The number of para-hydroxylation sites is 1. The van der Waals surface area contributed by atoms with Gasteiger partial charge in [0.05, 0.1) is 19.3 Å². The number of aryl methyl sites for hydroxylation is 2. The summed E-state index contributed by atoms with van der Waals surface area (Å²) in [5.41, 5.74) is 3.19. The molecule has 0 aliphatic heterocycles. The number of benzene rings is 2. The normalized spacial score (nSPS) is 10.5. The first-order chi connectivity index (χ1) is 14.5. The van der Waals surface area contributed by atoms with Crippen LogP contribution in [0.4, 0.5) is 0 Å². The zero-order chi connectivity index (χ0) is 21.5. The molecule has 156 valence electrons. The fraction of sp³-hybridized carbons (Fsp3) is 0.261. The van der Waals surface area contributed by atoms with E-state index in [-0.39, 0.29) is 18.0 Å². The predicted molar refractivity (Wildman–Crippen MR) is 115 cm³/mol. The SMILES string of the molecule is COc1ccccc1-c1ccc(=O)n(CC(=O)NCCOc2cc(C)cc(C)c2)n1. The van der Waals surface area contributed by atoms with E-state index in [4.69, 9.17) is 9.47 Å². The molecule has 1 heterocycles. The molecule has 3 aromatic rings. The van der Waals surface area contributed by atoms with Crippen LogP contribution in [0.25, 0.3) is 11.3 Å². The van der Waals surface area contributed by atoms with Crippen molar-refractivity contribution in [3.8, 4) is 22.8 Å². The lowest BCUT2D eigenvalue weighted by atomic mass is 10.1. The van der Waals surface area contributed by atoms with Crippen molar-refractivity contribution in [2.24, 2.45) is 0 Å². The molecule has 0 fully saturated rings. The van der Waals surface area contributed by atoms with Crippen LogP contribution in [0.1, 0.15) is 11.1 Å². The van der Waals surface area contributed by atoms with E-state index in [1.165, 1.54) is 6.07 Å². The lowest BCUT2D eigenvalue weighted by Gasteiger charge is -2.11. The topological polar surface area (TPSA) is 82.5 Å². The maximum atomic E-state index is 12.3. The number of rotatable bonds is 8. The third-order valence-electron chi connectivity index (χ3n) is 4.43. The lowest BCUT2D eigenvalue weighted by Crippen LogP contribution is -2.35. The minimum Gasteiger partial charge on any atom is -0.496 e. The highest BCUT2D eigenvalue weighted by Gasteiger charge is 2.11. The Hall–Kier alpha value is -3.61. The summed E-state index contributed by atoms with van der Waals surface area (Å²) in [5.74, 6) is 1.10. The van der Waals surface area contributed by atoms with Crippen molar-refractivity contribution in [3.63, 3.8) is 0 Å². The largest absolute Gasteiger partial charge is 0.496 e. The number of carbonyl (C=O) groups is 1. The average Bonchev–Trinajstić information content (AvgIpc) is 2.72. The Labute approximate surface area is 175 Å². The number of nitrogens with zero attached hydrogens (tertiary/aromatic N) is 2. The van der Waals surface area contributed by atoms with E-state index < -0.39 is 0 Å². The first-order valence-corrected chi connectivity index (χ1v) is 9.65. The average molecular weight is 407 g/mol. The molecule has 7 heteroatoms. The van der Waals surface area contributed by atoms with Crippen molar-refractivity contribution in [1.82, 2.24) is 15.1 Å². The fourth-order valence-electron chi connectivity index (χ4n) is 3.13. The van der Waals surface area contributed by atoms with Crippen molar-refractivity contribution in [3.05, 3.63) is 76.1 Å². The lowest BCUT2D eigenvalue weighted by molar-refractivity contribution is -0.122. The van der Waals surface area contributed by atoms with Crippen LogP contribution in [-0.2, 0) is 11.3 Å². The van der Waals surface area contributed by atoms with Gasteiger partial charge in [0, 0.05) is 11.6 Å². The summed E-state index contributed by atoms with van der Waals surface area (Å²) in [7, 11) is 1.57. The highest BCUT2D eigenvalue weighted by atomic mass is 16.5. The first-order valence-electron chi connectivity index (χ1n) is 9.65. The van der Waals surface area contributed by atoms with Crippen LogP contribution in [0.2, 0.25) is 0 Å². The van der Waals surface area contributed by atoms with Gasteiger partial charge in [-0.3, -0.25) is 9.59 Å². The summed E-state index contributed by atoms with van der Waals surface area (Å²) in [4.78, 5) is 24.4. The fourth-order valence-corrected chi connectivity index (χ4v) is 3.13. The van der Waals surface area contributed by atoms with Gasteiger partial charge in [0.15, 0.2) is 0 Å². The van der Waals surface area contributed by atoms with Crippen LogP contribution in [0.15, 0.2) is 59.4 Å². The summed E-state index contributed by atoms with van der Waals surface area (Å²) < 4.78 is 12.2. The number of methoxy groups -OCH3 is 1. The van der Waals surface area contributed by atoms with Gasteiger partial charge in [0.2, 0.25) is 5.91 Å². The molecule has 0 aliphatic rings. The Kier molecular flexibility index (Phi) is 6.85. The molecule has 1 amide bonds. The molecule has 0 spiro atoms. The first kappa shape index (κ1) is 21.1. The van der Waals surface area contributed by atoms with Gasteiger partial charge in [-0.2, -0.15) is 5.10 Å². The number of ether oxygens (including phenoxy) is 2. The van der Waals surface area contributed by atoms with Gasteiger partial charge in [-0.25, -0.2) is 4.68 Å². The number of nitrogens with one attached hydrogen (secondary N) is 1. The molecule has 0 saturated carbocycles. The second-order valence-electron chi connectivity index (χ2n) is 6.94. The predicted octanol–water partition coefficient (Wildman–Crippen LogP) is 2.73. The van der Waals surface area contributed by atoms with E-state index in [2.05, 4.69) is 16.5 Å². The van der Waals surface area contributed by atoms with Crippen LogP contribution >= 0.6 is 0 Å². The van der Waals surface area contributed by atoms with Crippen molar-refractivity contribution >= 4 is 5.91 Å². The van der Waals surface area contributed by atoms with Crippen LogP contribution in [-0.4, -0.2) is 35.9 Å². The summed E-state index contributed by atoms with van der Waals surface area (Å²) >= 11 is 0. The molecule has 0 radical (unpaired) electrons. The van der Waals surface area contributed by atoms with Gasteiger partial charge in [-0.05, 0) is 55.3 Å². The van der Waals surface area contributed by atoms with Gasteiger partial charge in [-0.15, -0.1) is 0 Å². The highest BCUT2D eigenvalue weighted by molar-refractivity contribution is 5.75. The van der Waals surface area contributed by atoms with Crippen LogP contribution in [0, 0.1) is 13.8 Å². The number of amides is 1. The number of aromatic nitrogens is 2. The quantitative estimate of drug-likeness (QED) is 0.581. The van der Waals surface area contributed by atoms with E-state index in [1.807, 2.05) is 50.2 Å². The molecule has 0 aliphatic carbocycles. The van der Waals surface area contributed by atoms with Gasteiger partial charge in [0.1, 0.15) is 24.7 Å². The standard InChI is InChI=1S/C23H25N3O4/c1-16-12-17(2)14-18(13-16)30-11-10-24-22(27)15-26-23(28)9-8-20(25-26)19-6-4-5-7-21(19)29-3/h4-9,12-14H,10-11,15H2,1-3H3,(H,24,27). The molecule has 0 saturated heterocycles. The monoisotopic (exact) mass is 407 g/mol. The van der Waals surface area contributed by atoms with Gasteiger partial charge < -0.3 is 14.8 Å². The van der Waals surface area contributed by atoms with Crippen molar-refractivity contribution < 1.29 is 14.3 Å². The van der Waals surface area contributed by atoms with Gasteiger partial charge in [-0.1, -0.05) is 18.2 Å². The van der Waals surface area contributed by atoms with E-state index in [1.54, 1.807) is 13.2 Å². The Balaban J connectivity index is 1.59. The summed E-state index contributed by atoms with van der Waals surface area (Å²) in [6.07, 6.45) is 0. The van der Waals surface area contributed by atoms with Crippen LogP contribution < -0.4 is 20.3 Å². The second-order valence-corrected chi connectivity index (χ2v) is 6.94. The maximum absolute atomic E-state index is 12.3. The highest BCUT2D eigenvalue weighted by Crippen LogP contribution is 2.27. The molecule has 1 N–H and O–H groups in total. The Morgan fingerprint density at radius 1 is 1.07 bits per heavy atom. The van der Waals surface area contributed by atoms with Crippen molar-refractivity contribution in [1.29, 1.82) is 0 Å². The second kappa shape index (κ2) is 9.73. The van der Waals surface area contributed by atoms with Crippen molar-refractivity contribution in [2.45, 2.75) is 20.4 Å². The van der Waals surface area contributed by atoms with Crippen molar-refractivity contribution in [2.75, 3.05) is 20.3 Å². The molecular formula is C23H25N3O4. The third-order valence-corrected chi connectivity index (χ3v) is 4.43. The van der Waals surface area contributed by atoms with E-state index in [9.17, 15) is 9.59 Å². The van der Waals surface area contributed by atoms with E-state index in [0.717, 1.165) is 27.1 Å². The molecule has 3 rings (SSSR count). The smallest absolute Gasteiger partial charge is 0.267 e. The Bertz CT molecular complexity index is 1070. The Morgan fingerprint density at radius 2 is 1.80 bits per heavy atom. The zero-order valence-corrected chi connectivity index (χ0v) is 17.3. The molecule has 1 aromatic heterocycles. The molecule has 30 heavy (non-hydrogen) atoms. The molecule has 0 atom stereocenters. The zero-order valence-electron chi connectivity index (χ0n) is 17.3. The maximum Gasteiger partial charge on any atom is 0.267 e. The minimum atomic E-state index is -0.352. The molecule has 0 bridgehead atoms. The number of hydrogen-bond donors (Lipinski definition) is 1. The Morgan fingerprint density at radius 3 is 2.53 bits per heavy atom. The number of carbonyl (C=O) groups excluding carboxylic acids is 1. The van der Waals surface area contributed by atoms with Gasteiger partial charge >= 0.3 is 0 Å². The molecule has 7 nitrogen and oxygen atoms in total. The third kappa shape index (κ3) is 5.47. The van der Waals surface area contributed by atoms with Crippen LogP contribution in [0.5, 0.6) is 11.5 Å². The van der Waals surface area contributed by atoms with Crippen LogP contribution in [0.3, 0.4) is 0 Å². The summed E-state index contributed by atoms with van der Waals surface area (Å²) in [5, 5.41) is 7.07. The minimum absolute atomic E-state index is 0.175. The summed E-state index contributed by atoms with van der Waals surface area (Å²) in [6, 6.07) is 16.3. The van der Waals surface area contributed by atoms with E-state index in [0.29, 0.717) is 24.6 Å². The van der Waals surface area contributed by atoms with Gasteiger partial charge in [0.25, 0.3) is 5.56 Å². The van der Waals surface area contributed by atoms with E-state index >= 15 is 0 Å². The molecule has 2 aromatic carbocycles. The number of hydrogen-bond acceptors (Lipinski definition) is 5.